The first-order valence-corrected chi connectivity index (χ1v) is 11.7. The van der Waals surface area contributed by atoms with Crippen LogP contribution in [0.1, 0.15) is 37.9 Å². The maximum absolute atomic E-state index is 12.8. The van der Waals surface area contributed by atoms with Gasteiger partial charge in [-0.15, -0.1) is 10.2 Å². The Hall–Kier alpha value is -2.25. The van der Waals surface area contributed by atoms with Crippen LogP contribution in [-0.2, 0) is 11.3 Å². The number of hydrogen-bond acceptors (Lipinski definition) is 5. The van der Waals surface area contributed by atoms with Crippen LogP contribution in [0.4, 0.5) is 0 Å². The van der Waals surface area contributed by atoms with Crippen molar-refractivity contribution in [2.45, 2.75) is 43.8 Å². The Morgan fingerprint density at radius 2 is 1.77 bits per heavy atom. The molecule has 1 aliphatic heterocycles. The van der Waals surface area contributed by atoms with Gasteiger partial charge in [0.25, 0.3) is 0 Å². The van der Waals surface area contributed by atoms with E-state index < -0.39 is 0 Å². The van der Waals surface area contributed by atoms with E-state index in [0.717, 1.165) is 43.1 Å². The normalized spacial score (nSPS) is 15.0. The predicted octanol–water partition coefficient (Wildman–Crippen LogP) is 5.12. The molecular weight excluding hydrogens is 420 g/mol. The lowest BCUT2D eigenvalue weighted by molar-refractivity contribution is -0.128. The molecule has 1 aromatic carbocycles. The molecule has 0 saturated carbocycles. The Morgan fingerprint density at radius 3 is 2.47 bits per heavy atom. The minimum atomic E-state index is 0.169. The highest BCUT2D eigenvalue weighted by Gasteiger charge is 2.19. The van der Waals surface area contributed by atoms with E-state index in [2.05, 4.69) is 10.2 Å². The number of furan rings is 1. The fraction of sp³-hybridized carbons (Fsp3) is 0.409. The fourth-order valence-electron chi connectivity index (χ4n) is 3.62. The highest BCUT2D eigenvalue weighted by molar-refractivity contribution is 7.99. The third-order valence-electron chi connectivity index (χ3n) is 5.25. The van der Waals surface area contributed by atoms with Gasteiger partial charge in [0.15, 0.2) is 11.0 Å². The molecule has 8 heteroatoms. The van der Waals surface area contributed by atoms with Gasteiger partial charge < -0.3 is 9.32 Å². The van der Waals surface area contributed by atoms with Crippen LogP contribution in [0, 0.1) is 0 Å². The van der Waals surface area contributed by atoms with Crippen molar-refractivity contribution in [1.29, 1.82) is 0 Å². The summed E-state index contributed by atoms with van der Waals surface area (Å²) in [5.74, 6) is 2.06. The van der Waals surface area contributed by atoms with E-state index >= 15 is 0 Å². The van der Waals surface area contributed by atoms with Gasteiger partial charge in [0.1, 0.15) is 5.76 Å². The molecule has 0 N–H and O–H groups in total. The van der Waals surface area contributed by atoms with Gasteiger partial charge in [0, 0.05) is 23.7 Å². The van der Waals surface area contributed by atoms with Crippen LogP contribution in [0.2, 0.25) is 5.02 Å². The lowest BCUT2D eigenvalue weighted by atomic mass is 10.1. The van der Waals surface area contributed by atoms with E-state index in [-0.39, 0.29) is 5.91 Å². The number of likely N-dealkylation sites (tertiary alicyclic amines) is 1. The number of amides is 1. The summed E-state index contributed by atoms with van der Waals surface area (Å²) in [6.07, 6.45) is 7.52. The number of hydrogen-bond donors (Lipinski definition) is 0. The van der Waals surface area contributed by atoms with Crippen LogP contribution in [0.25, 0.3) is 11.4 Å². The van der Waals surface area contributed by atoms with Crippen LogP contribution < -0.4 is 0 Å². The Labute approximate surface area is 185 Å². The lowest BCUT2D eigenvalue weighted by Gasteiger charge is -2.24. The summed E-state index contributed by atoms with van der Waals surface area (Å²) in [6, 6.07) is 11.3. The quantitative estimate of drug-likeness (QED) is 0.493. The summed E-state index contributed by atoms with van der Waals surface area (Å²) in [7, 11) is 0. The molecule has 3 heterocycles. The molecule has 0 atom stereocenters. The van der Waals surface area contributed by atoms with Crippen molar-refractivity contribution in [3.05, 3.63) is 53.4 Å². The van der Waals surface area contributed by atoms with E-state index in [4.69, 9.17) is 16.0 Å². The zero-order chi connectivity index (χ0) is 20.8. The zero-order valence-electron chi connectivity index (χ0n) is 16.8. The molecule has 1 aliphatic rings. The van der Waals surface area contributed by atoms with Gasteiger partial charge in [-0.3, -0.25) is 9.36 Å². The Kier molecular flexibility index (Phi) is 7.12. The molecule has 1 fully saturated rings. The molecule has 0 aliphatic carbocycles. The largest absolute Gasteiger partial charge is 0.467 e. The second-order valence-corrected chi connectivity index (χ2v) is 8.79. The molecule has 0 unspecified atom stereocenters. The van der Waals surface area contributed by atoms with Gasteiger partial charge in [-0.25, -0.2) is 0 Å². The summed E-state index contributed by atoms with van der Waals surface area (Å²) >= 11 is 7.47. The Bertz CT molecular complexity index is 948. The van der Waals surface area contributed by atoms with Gasteiger partial charge in [0.2, 0.25) is 5.91 Å². The molecule has 6 nitrogen and oxygen atoms in total. The van der Waals surface area contributed by atoms with Crippen molar-refractivity contribution in [1.82, 2.24) is 19.7 Å². The number of benzene rings is 1. The van der Waals surface area contributed by atoms with E-state index in [1.54, 1.807) is 6.26 Å². The molecule has 3 aromatic rings. The van der Waals surface area contributed by atoms with Gasteiger partial charge in [0.05, 0.1) is 18.6 Å². The highest BCUT2D eigenvalue weighted by atomic mass is 35.5. The Morgan fingerprint density at radius 1 is 1.03 bits per heavy atom. The molecule has 0 radical (unpaired) electrons. The van der Waals surface area contributed by atoms with Gasteiger partial charge in [-0.2, -0.15) is 0 Å². The van der Waals surface area contributed by atoms with E-state index in [1.807, 2.05) is 45.9 Å². The number of rotatable bonds is 6. The number of nitrogens with zero attached hydrogens (tertiary/aromatic N) is 4. The summed E-state index contributed by atoms with van der Waals surface area (Å²) in [5.41, 5.74) is 0.917. The lowest BCUT2D eigenvalue weighted by Crippen LogP contribution is -2.35. The predicted molar refractivity (Wildman–Crippen MR) is 119 cm³/mol. The number of carbonyl (C=O) groups excluding carboxylic acids is 1. The van der Waals surface area contributed by atoms with Crippen molar-refractivity contribution in [2.24, 2.45) is 0 Å². The van der Waals surface area contributed by atoms with Crippen LogP contribution in [0.5, 0.6) is 0 Å². The van der Waals surface area contributed by atoms with E-state index in [9.17, 15) is 4.79 Å². The average Bonchev–Trinajstić information content (AvgIpc) is 3.37. The first-order chi connectivity index (χ1) is 14.7. The van der Waals surface area contributed by atoms with E-state index in [1.165, 1.54) is 31.0 Å². The number of halogens is 1. The molecule has 2 aromatic heterocycles. The van der Waals surface area contributed by atoms with Crippen molar-refractivity contribution < 1.29 is 9.21 Å². The van der Waals surface area contributed by atoms with Crippen LogP contribution >= 0.6 is 23.4 Å². The second kappa shape index (κ2) is 10.2. The van der Waals surface area contributed by atoms with Crippen LogP contribution in [0.3, 0.4) is 0 Å². The molecule has 1 amide bonds. The highest BCUT2D eigenvalue weighted by Crippen LogP contribution is 2.27. The number of carbonyl (C=O) groups is 1. The smallest absolute Gasteiger partial charge is 0.233 e. The van der Waals surface area contributed by atoms with Crippen LogP contribution in [-0.4, -0.2) is 44.4 Å². The molecule has 1 saturated heterocycles. The standard InChI is InChI=1S/C22H25ClN4O2S/c23-18-10-8-17(9-11-18)21-24-25-22(27(21)15-19-7-6-14-29-19)30-16-20(28)26-12-4-2-1-3-5-13-26/h6-11,14H,1-5,12-13,15-16H2. The Balaban J connectivity index is 1.51. The molecule has 158 valence electrons. The van der Waals surface area contributed by atoms with Crippen molar-refractivity contribution >= 4 is 29.3 Å². The van der Waals surface area contributed by atoms with Crippen molar-refractivity contribution in [2.75, 3.05) is 18.8 Å². The maximum Gasteiger partial charge on any atom is 0.233 e. The third kappa shape index (κ3) is 5.26. The van der Waals surface area contributed by atoms with Crippen LogP contribution in [0.15, 0.2) is 52.2 Å². The SMILES string of the molecule is O=C(CSc1nnc(-c2ccc(Cl)cc2)n1Cc1ccco1)N1CCCCCCC1. The topological polar surface area (TPSA) is 64.2 Å². The van der Waals surface area contributed by atoms with Gasteiger partial charge in [-0.05, 0) is 49.2 Å². The molecule has 30 heavy (non-hydrogen) atoms. The van der Waals surface area contributed by atoms with Gasteiger partial charge >= 0.3 is 0 Å². The summed E-state index contributed by atoms with van der Waals surface area (Å²) in [5, 5.41) is 10.1. The maximum atomic E-state index is 12.8. The minimum absolute atomic E-state index is 0.169. The monoisotopic (exact) mass is 444 g/mol. The summed E-state index contributed by atoms with van der Waals surface area (Å²) in [4.78, 5) is 14.8. The molecular formula is C22H25ClN4O2S. The van der Waals surface area contributed by atoms with Gasteiger partial charge in [-0.1, -0.05) is 42.6 Å². The first-order valence-electron chi connectivity index (χ1n) is 10.3. The average molecular weight is 445 g/mol. The first kappa shape index (κ1) is 21.0. The molecule has 4 rings (SSSR count). The number of aromatic nitrogens is 3. The molecule has 0 bridgehead atoms. The fourth-order valence-corrected chi connectivity index (χ4v) is 4.59. The van der Waals surface area contributed by atoms with Crippen molar-refractivity contribution in [3.8, 4) is 11.4 Å². The summed E-state index contributed by atoms with van der Waals surface area (Å²) < 4.78 is 7.53. The molecule has 0 spiro atoms. The number of thioether (sulfide) groups is 1. The van der Waals surface area contributed by atoms with E-state index in [0.29, 0.717) is 22.5 Å². The third-order valence-corrected chi connectivity index (χ3v) is 6.45. The minimum Gasteiger partial charge on any atom is -0.467 e. The zero-order valence-corrected chi connectivity index (χ0v) is 18.4. The van der Waals surface area contributed by atoms with Crippen molar-refractivity contribution in [3.63, 3.8) is 0 Å². The second-order valence-electron chi connectivity index (χ2n) is 7.42. The summed E-state index contributed by atoms with van der Waals surface area (Å²) in [6.45, 7) is 2.21.